The summed E-state index contributed by atoms with van der Waals surface area (Å²) in [6.45, 7) is 0. The molecule has 0 saturated heterocycles. The van der Waals surface area contributed by atoms with E-state index in [1.54, 1.807) is 0 Å². The van der Waals surface area contributed by atoms with Gasteiger partial charge in [-0.25, -0.2) is 8.78 Å². The summed E-state index contributed by atoms with van der Waals surface area (Å²) < 4.78 is 27.2. The summed E-state index contributed by atoms with van der Waals surface area (Å²) in [5, 5.41) is 13.6. The lowest BCUT2D eigenvalue weighted by molar-refractivity contribution is -0.306. The first-order valence-corrected chi connectivity index (χ1v) is 6.96. The van der Waals surface area contributed by atoms with Crippen LogP contribution in [-0.2, 0) is 4.79 Å². The van der Waals surface area contributed by atoms with E-state index in [9.17, 15) is 23.5 Å². The molecule has 2 aromatic rings. The highest BCUT2D eigenvalue weighted by Gasteiger charge is 2.21. The van der Waals surface area contributed by atoms with Crippen LogP contribution in [0.3, 0.4) is 0 Å². The molecular weight excluding hydrogens is 328 g/mol. The van der Waals surface area contributed by atoms with E-state index in [1.807, 2.05) is 0 Å². The van der Waals surface area contributed by atoms with Crippen LogP contribution in [0.25, 0.3) is 0 Å². The van der Waals surface area contributed by atoms with Gasteiger partial charge in [0.25, 0.3) is 5.91 Å². The van der Waals surface area contributed by atoms with Crippen LogP contribution in [0.1, 0.15) is 28.4 Å². The van der Waals surface area contributed by atoms with Crippen molar-refractivity contribution in [2.75, 3.05) is 0 Å². The van der Waals surface area contributed by atoms with Crippen molar-refractivity contribution >= 4 is 23.5 Å². The van der Waals surface area contributed by atoms with Crippen molar-refractivity contribution in [1.82, 2.24) is 5.32 Å². The maximum atomic E-state index is 13.6. The second-order valence-electron chi connectivity index (χ2n) is 4.75. The van der Waals surface area contributed by atoms with Crippen LogP contribution in [0.15, 0.2) is 42.5 Å². The van der Waals surface area contributed by atoms with E-state index in [4.69, 9.17) is 11.6 Å². The van der Waals surface area contributed by atoms with Crippen molar-refractivity contribution in [2.45, 2.75) is 12.5 Å². The maximum absolute atomic E-state index is 13.6. The molecule has 2 aromatic carbocycles. The molecule has 23 heavy (non-hydrogen) atoms. The van der Waals surface area contributed by atoms with Gasteiger partial charge in [0, 0.05) is 17.4 Å². The number of amides is 1. The number of hydrogen-bond acceptors (Lipinski definition) is 3. The van der Waals surface area contributed by atoms with Gasteiger partial charge in [0.15, 0.2) is 0 Å². The number of halogens is 3. The van der Waals surface area contributed by atoms with Gasteiger partial charge in [-0.05, 0) is 29.8 Å². The summed E-state index contributed by atoms with van der Waals surface area (Å²) in [6.07, 6.45) is -0.552. The molecule has 0 aliphatic rings. The molecule has 0 bridgehead atoms. The minimum atomic E-state index is -1.42. The molecule has 1 atom stereocenters. The van der Waals surface area contributed by atoms with Gasteiger partial charge in [-0.1, -0.05) is 29.8 Å². The molecule has 0 fully saturated rings. The normalized spacial score (nSPS) is 11.8. The van der Waals surface area contributed by atoms with Crippen molar-refractivity contribution < 1.29 is 23.5 Å². The Kier molecular flexibility index (Phi) is 5.28. The van der Waals surface area contributed by atoms with Gasteiger partial charge in [-0.15, -0.1) is 0 Å². The van der Waals surface area contributed by atoms with Crippen molar-refractivity contribution in [3.63, 3.8) is 0 Å². The van der Waals surface area contributed by atoms with Crippen molar-refractivity contribution in [2.24, 2.45) is 0 Å². The van der Waals surface area contributed by atoms with E-state index >= 15 is 0 Å². The minimum absolute atomic E-state index is 0.420. The molecule has 120 valence electrons. The largest absolute Gasteiger partial charge is 0.550 e. The van der Waals surface area contributed by atoms with Crippen LogP contribution >= 0.6 is 11.6 Å². The Balaban J connectivity index is 2.29. The van der Waals surface area contributed by atoms with E-state index in [2.05, 4.69) is 5.32 Å². The van der Waals surface area contributed by atoms with Gasteiger partial charge in [0.05, 0.1) is 6.04 Å². The van der Waals surface area contributed by atoms with Gasteiger partial charge < -0.3 is 15.2 Å². The Hall–Kier alpha value is -2.47. The number of nitrogens with one attached hydrogen (secondary N) is 1. The third-order valence-electron chi connectivity index (χ3n) is 3.14. The van der Waals surface area contributed by atoms with Crippen molar-refractivity contribution in [3.8, 4) is 0 Å². The smallest absolute Gasteiger partial charge is 0.257 e. The molecule has 1 amide bonds. The SMILES string of the molecule is O=C([O-])CC(NC(=O)c1c(F)cccc1F)c1ccc(Cl)cc1. The first kappa shape index (κ1) is 16.9. The molecule has 0 aliphatic carbocycles. The molecule has 4 nitrogen and oxygen atoms in total. The number of benzene rings is 2. The summed E-state index contributed by atoms with van der Waals surface area (Å²) in [6, 6.07) is 8.02. The van der Waals surface area contributed by atoms with E-state index in [0.29, 0.717) is 10.6 Å². The second kappa shape index (κ2) is 7.19. The Bertz CT molecular complexity index is 714. The van der Waals surface area contributed by atoms with Gasteiger partial charge >= 0.3 is 0 Å². The average molecular weight is 339 g/mol. The van der Waals surface area contributed by atoms with Crippen LogP contribution in [0, 0.1) is 11.6 Å². The van der Waals surface area contributed by atoms with Crippen LogP contribution in [0.4, 0.5) is 8.78 Å². The molecule has 0 aromatic heterocycles. The zero-order valence-corrected chi connectivity index (χ0v) is 12.4. The van der Waals surface area contributed by atoms with E-state index in [-0.39, 0.29) is 0 Å². The summed E-state index contributed by atoms with van der Waals surface area (Å²) >= 11 is 5.75. The standard InChI is InChI=1S/C16H12ClF2NO3/c17-10-6-4-9(5-7-10)13(8-14(21)22)20-16(23)15-11(18)2-1-3-12(15)19/h1-7,13H,8H2,(H,20,23)(H,21,22)/p-1. The fourth-order valence-electron chi connectivity index (χ4n) is 2.06. The Morgan fingerprint density at radius 3 is 2.17 bits per heavy atom. The molecule has 0 aliphatic heterocycles. The molecule has 0 spiro atoms. The fraction of sp³-hybridized carbons (Fsp3) is 0.125. The fourth-order valence-corrected chi connectivity index (χ4v) is 2.19. The highest BCUT2D eigenvalue weighted by atomic mass is 35.5. The Labute approximate surface area is 135 Å². The maximum Gasteiger partial charge on any atom is 0.257 e. The monoisotopic (exact) mass is 338 g/mol. The Morgan fingerprint density at radius 2 is 1.65 bits per heavy atom. The zero-order valence-electron chi connectivity index (χ0n) is 11.7. The number of carbonyl (C=O) groups excluding carboxylic acids is 2. The third kappa shape index (κ3) is 4.26. The van der Waals surface area contributed by atoms with E-state index < -0.39 is 41.5 Å². The van der Waals surface area contributed by atoms with Crippen LogP contribution in [0.5, 0.6) is 0 Å². The van der Waals surface area contributed by atoms with E-state index in [0.717, 1.165) is 18.2 Å². The van der Waals surface area contributed by atoms with Crippen LogP contribution < -0.4 is 10.4 Å². The molecule has 0 radical (unpaired) electrons. The number of aliphatic carboxylic acids is 1. The predicted molar refractivity (Wildman–Crippen MR) is 77.6 cm³/mol. The third-order valence-corrected chi connectivity index (χ3v) is 3.39. The molecule has 2 rings (SSSR count). The number of carboxylic acid groups (broad SMARTS) is 1. The Morgan fingerprint density at radius 1 is 1.09 bits per heavy atom. The molecule has 0 saturated carbocycles. The second-order valence-corrected chi connectivity index (χ2v) is 5.19. The highest BCUT2D eigenvalue weighted by molar-refractivity contribution is 6.30. The molecule has 7 heteroatoms. The van der Waals surface area contributed by atoms with Crippen LogP contribution in [0.2, 0.25) is 5.02 Å². The number of carboxylic acids is 1. The summed E-state index contributed by atoms with van der Waals surface area (Å²) in [5.41, 5.74) is -0.353. The molecule has 1 unspecified atom stereocenters. The molecular formula is C16H11ClF2NO3-. The van der Waals surface area contributed by atoms with Crippen LogP contribution in [-0.4, -0.2) is 11.9 Å². The number of rotatable bonds is 5. The lowest BCUT2D eigenvalue weighted by Crippen LogP contribution is -2.35. The molecule has 0 heterocycles. The lowest BCUT2D eigenvalue weighted by atomic mass is 10.0. The van der Waals surface area contributed by atoms with Gasteiger partial charge in [0.2, 0.25) is 0 Å². The number of carbonyl (C=O) groups is 2. The van der Waals surface area contributed by atoms with E-state index in [1.165, 1.54) is 24.3 Å². The summed E-state index contributed by atoms with van der Waals surface area (Å²) in [5.74, 6) is -4.54. The van der Waals surface area contributed by atoms with Crippen molar-refractivity contribution in [1.29, 1.82) is 0 Å². The quantitative estimate of drug-likeness (QED) is 0.909. The lowest BCUT2D eigenvalue weighted by Gasteiger charge is -2.20. The minimum Gasteiger partial charge on any atom is -0.550 e. The summed E-state index contributed by atoms with van der Waals surface area (Å²) in [4.78, 5) is 23.0. The topological polar surface area (TPSA) is 69.2 Å². The van der Waals surface area contributed by atoms with Gasteiger partial charge in [-0.2, -0.15) is 0 Å². The summed E-state index contributed by atoms with van der Waals surface area (Å²) in [7, 11) is 0. The number of hydrogen-bond donors (Lipinski definition) is 1. The molecule has 1 N–H and O–H groups in total. The van der Waals surface area contributed by atoms with Gasteiger partial charge in [0.1, 0.15) is 17.2 Å². The van der Waals surface area contributed by atoms with Gasteiger partial charge in [-0.3, -0.25) is 4.79 Å². The first-order valence-electron chi connectivity index (χ1n) is 6.58. The first-order chi connectivity index (χ1) is 10.9. The average Bonchev–Trinajstić information content (AvgIpc) is 2.46. The predicted octanol–water partition coefficient (Wildman–Crippen LogP) is 2.23. The zero-order chi connectivity index (χ0) is 17.0. The van der Waals surface area contributed by atoms with Crippen molar-refractivity contribution in [3.05, 3.63) is 70.2 Å². The highest BCUT2D eigenvalue weighted by Crippen LogP contribution is 2.21.